The van der Waals surface area contributed by atoms with Crippen molar-refractivity contribution >= 4 is 28.3 Å². The van der Waals surface area contributed by atoms with E-state index < -0.39 is 0 Å². The molecule has 6 nitrogen and oxygen atoms in total. The van der Waals surface area contributed by atoms with E-state index in [1.54, 1.807) is 6.20 Å². The minimum absolute atomic E-state index is 0.0192. The molecule has 1 aromatic carbocycles. The highest BCUT2D eigenvalue weighted by Gasteiger charge is 2.31. The second-order valence-corrected chi connectivity index (χ2v) is 8.82. The maximum absolute atomic E-state index is 13.2. The largest absolute Gasteiger partial charge is 0.361 e. The van der Waals surface area contributed by atoms with E-state index in [1.807, 2.05) is 55.3 Å². The zero-order valence-electron chi connectivity index (χ0n) is 19.1. The average molecular weight is 440 g/mol. The van der Waals surface area contributed by atoms with E-state index in [0.717, 1.165) is 59.8 Å². The van der Waals surface area contributed by atoms with Crippen LogP contribution in [0.25, 0.3) is 10.9 Å². The maximum Gasteiger partial charge on any atom is 0.223 e. The van der Waals surface area contributed by atoms with Crippen LogP contribution in [0.2, 0.25) is 0 Å². The third-order valence-electron chi connectivity index (χ3n) is 6.44. The van der Waals surface area contributed by atoms with Crippen molar-refractivity contribution in [1.82, 2.24) is 19.9 Å². The lowest BCUT2D eigenvalue weighted by atomic mass is 10.1. The Morgan fingerprint density at radius 3 is 2.94 bits per heavy atom. The van der Waals surface area contributed by atoms with E-state index in [4.69, 9.17) is 4.98 Å². The van der Waals surface area contributed by atoms with E-state index >= 15 is 0 Å². The van der Waals surface area contributed by atoms with Crippen molar-refractivity contribution in [2.75, 3.05) is 11.9 Å². The first-order chi connectivity index (χ1) is 16.1. The van der Waals surface area contributed by atoms with Crippen molar-refractivity contribution in [2.45, 2.75) is 45.6 Å². The van der Waals surface area contributed by atoms with Crippen molar-refractivity contribution in [2.24, 2.45) is 0 Å². The van der Waals surface area contributed by atoms with Gasteiger partial charge in [0, 0.05) is 47.6 Å². The summed E-state index contributed by atoms with van der Waals surface area (Å²) in [5.74, 6) is 1.04. The number of pyridine rings is 2. The normalized spacial score (nSPS) is 15.8. The maximum atomic E-state index is 13.2. The SMILES string of the molecule is Cc1cc(Nc2ncccc2C)cc([C@H]2CCCN2C(=O)CCc2c[nH]c3ccccc23)n1. The number of para-hydroxylation sites is 1. The third-order valence-corrected chi connectivity index (χ3v) is 6.44. The molecule has 0 aliphatic carbocycles. The number of aromatic nitrogens is 3. The van der Waals surface area contributed by atoms with E-state index in [-0.39, 0.29) is 11.9 Å². The standard InChI is InChI=1S/C27H29N5O/c1-18-7-5-13-28-27(18)31-21-15-19(2)30-24(16-21)25-10-6-14-32(25)26(33)12-11-20-17-29-23-9-4-3-8-22(20)23/h3-5,7-9,13,15-17,25,29H,6,10-12,14H2,1-2H3,(H,28,30,31)/t25-/m1/s1. The molecule has 0 spiro atoms. The number of fused-ring (bicyclic) bond motifs is 1. The molecule has 1 aliphatic rings. The van der Waals surface area contributed by atoms with Gasteiger partial charge in [-0.05, 0) is 68.5 Å². The predicted molar refractivity (Wildman–Crippen MR) is 132 cm³/mol. The molecule has 4 aromatic rings. The van der Waals surface area contributed by atoms with E-state index in [0.29, 0.717) is 6.42 Å². The summed E-state index contributed by atoms with van der Waals surface area (Å²) >= 11 is 0. The lowest BCUT2D eigenvalue weighted by molar-refractivity contribution is -0.132. The topological polar surface area (TPSA) is 73.9 Å². The summed E-state index contributed by atoms with van der Waals surface area (Å²) in [4.78, 5) is 27.8. The molecule has 5 rings (SSSR count). The van der Waals surface area contributed by atoms with Gasteiger partial charge in [0.15, 0.2) is 0 Å². The van der Waals surface area contributed by atoms with Gasteiger partial charge in [-0.3, -0.25) is 9.78 Å². The number of likely N-dealkylation sites (tertiary alicyclic amines) is 1. The first-order valence-electron chi connectivity index (χ1n) is 11.6. The molecular formula is C27H29N5O. The van der Waals surface area contributed by atoms with Crippen LogP contribution in [0, 0.1) is 13.8 Å². The van der Waals surface area contributed by atoms with Gasteiger partial charge in [0.25, 0.3) is 0 Å². The number of aryl methyl sites for hydroxylation is 3. The quantitative estimate of drug-likeness (QED) is 0.409. The first-order valence-corrected chi connectivity index (χ1v) is 11.6. The highest BCUT2D eigenvalue weighted by atomic mass is 16.2. The third kappa shape index (κ3) is 4.46. The van der Waals surface area contributed by atoms with Gasteiger partial charge < -0.3 is 15.2 Å². The molecule has 4 heterocycles. The lowest BCUT2D eigenvalue weighted by Gasteiger charge is -2.25. The molecule has 0 radical (unpaired) electrons. The minimum atomic E-state index is 0.0192. The van der Waals surface area contributed by atoms with Gasteiger partial charge in [0.05, 0.1) is 11.7 Å². The number of carbonyl (C=O) groups is 1. The Balaban J connectivity index is 1.32. The van der Waals surface area contributed by atoms with Crippen LogP contribution in [0.5, 0.6) is 0 Å². The van der Waals surface area contributed by atoms with Gasteiger partial charge in [-0.1, -0.05) is 24.3 Å². The summed E-state index contributed by atoms with van der Waals surface area (Å²) < 4.78 is 0. The van der Waals surface area contributed by atoms with Crippen LogP contribution in [0.3, 0.4) is 0 Å². The Hall–Kier alpha value is -3.67. The molecule has 0 unspecified atom stereocenters. The summed E-state index contributed by atoms with van der Waals surface area (Å²) in [6.45, 7) is 4.82. The van der Waals surface area contributed by atoms with Gasteiger partial charge >= 0.3 is 0 Å². The fourth-order valence-corrected chi connectivity index (χ4v) is 4.79. The Morgan fingerprint density at radius 1 is 1.18 bits per heavy atom. The van der Waals surface area contributed by atoms with Gasteiger partial charge in [0.2, 0.25) is 5.91 Å². The Bertz CT molecular complexity index is 1290. The summed E-state index contributed by atoms with van der Waals surface area (Å²) in [7, 11) is 0. The number of carbonyl (C=O) groups excluding carboxylic acids is 1. The lowest BCUT2D eigenvalue weighted by Crippen LogP contribution is -2.31. The second-order valence-electron chi connectivity index (χ2n) is 8.82. The van der Waals surface area contributed by atoms with Crippen LogP contribution in [-0.4, -0.2) is 32.3 Å². The number of rotatable bonds is 6. The summed E-state index contributed by atoms with van der Waals surface area (Å²) in [6, 6.07) is 16.3. The Labute approximate surface area is 194 Å². The van der Waals surface area contributed by atoms with Crippen LogP contribution in [0.15, 0.2) is 60.9 Å². The molecule has 1 atom stereocenters. The molecular weight excluding hydrogens is 410 g/mol. The molecule has 2 N–H and O–H groups in total. The second kappa shape index (κ2) is 9.06. The zero-order valence-corrected chi connectivity index (χ0v) is 19.1. The van der Waals surface area contributed by atoms with Crippen LogP contribution in [0.4, 0.5) is 11.5 Å². The van der Waals surface area contributed by atoms with Gasteiger partial charge in [-0.25, -0.2) is 4.98 Å². The molecule has 33 heavy (non-hydrogen) atoms. The molecule has 6 heteroatoms. The zero-order chi connectivity index (χ0) is 22.8. The molecule has 0 saturated carbocycles. The Morgan fingerprint density at radius 2 is 2.06 bits per heavy atom. The van der Waals surface area contributed by atoms with Gasteiger partial charge in [0.1, 0.15) is 5.82 Å². The average Bonchev–Trinajstić information content (AvgIpc) is 3.46. The molecule has 3 aromatic heterocycles. The first kappa shape index (κ1) is 21.2. The number of aromatic amines is 1. The molecule has 1 amide bonds. The van der Waals surface area contributed by atoms with Gasteiger partial charge in [-0.15, -0.1) is 0 Å². The molecule has 1 fully saturated rings. The summed E-state index contributed by atoms with van der Waals surface area (Å²) in [5.41, 5.74) is 6.23. The number of H-pyrrole nitrogens is 1. The molecule has 1 saturated heterocycles. The molecule has 1 aliphatic heterocycles. The smallest absolute Gasteiger partial charge is 0.223 e. The number of nitrogens with one attached hydrogen (secondary N) is 2. The number of nitrogens with zero attached hydrogens (tertiary/aromatic N) is 3. The number of benzene rings is 1. The van der Waals surface area contributed by atoms with Crippen molar-refractivity contribution in [3.05, 3.63) is 83.4 Å². The monoisotopic (exact) mass is 439 g/mol. The van der Waals surface area contributed by atoms with Crippen molar-refractivity contribution in [3.8, 4) is 0 Å². The highest BCUT2D eigenvalue weighted by molar-refractivity contribution is 5.84. The van der Waals surface area contributed by atoms with E-state index in [2.05, 4.69) is 33.5 Å². The minimum Gasteiger partial charge on any atom is -0.361 e. The number of hydrogen-bond donors (Lipinski definition) is 2. The molecule has 0 bridgehead atoms. The van der Waals surface area contributed by atoms with Crippen molar-refractivity contribution in [3.63, 3.8) is 0 Å². The van der Waals surface area contributed by atoms with E-state index in [9.17, 15) is 4.79 Å². The van der Waals surface area contributed by atoms with Crippen LogP contribution in [0.1, 0.15) is 47.8 Å². The van der Waals surface area contributed by atoms with Crippen LogP contribution in [-0.2, 0) is 11.2 Å². The fraction of sp³-hybridized carbons (Fsp3) is 0.296. The van der Waals surface area contributed by atoms with Crippen molar-refractivity contribution < 1.29 is 4.79 Å². The number of anilines is 2. The Kier molecular flexibility index (Phi) is 5.82. The van der Waals surface area contributed by atoms with Crippen LogP contribution >= 0.6 is 0 Å². The van der Waals surface area contributed by atoms with Crippen LogP contribution < -0.4 is 5.32 Å². The highest BCUT2D eigenvalue weighted by Crippen LogP contribution is 2.34. The van der Waals surface area contributed by atoms with Gasteiger partial charge in [-0.2, -0.15) is 0 Å². The fourth-order valence-electron chi connectivity index (χ4n) is 4.79. The van der Waals surface area contributed by atoms with Crippen molar-refractivity contribution in [1.29, 1.82) is 0 Å². The summed E-state index contributed by atoms with van der Waals surface area (Å²) in [6.07, 6.45) is 6.99. The van der Waals surface area contributed by atoms with E-state index in [1.165, 1.54) is 10.9 Å². The molecule has 168 valence electrons. The summed E-state index contributed by atoms with van der Waals surface area (Å²) in [5, 5.41) is 4.62. The number of amides is 1. The number of hydrogen-bond acceptors (Lipinski definition) is 4. The predicted octanol–water partition coefficient (Wildman–Crippen LogP) is 5.61.